The number of aromatic nitrogens is 4. The minimum atomic E-state index is 0.839. The van der Waals surface area contributed by atoms with Crippen molar-refractivity contribution in [1.82, 2.24) is 19.1 Å². The maximum atomic E-state index is 7.03. The molecule has 0 saturated carbocycles. The van der Waals surface area contributed by atoms with Gasteiger partial charge >= 0.3 is 0 Å². The molecule has 0 saturated heterocycles. The highest BCUT2D eigenvalue weighted by Crippen LogP contribution is 2.51. The highest BCUT2D eigenvalue weighted by molar-refractivity contribution is 6.30. The van der Waals surface area contributed by atoms with Crippen molar-refractivity contribution in [2.75, 3.05) is 0 Å². The van der Waals surface area contributed by atoms with Gasteiger partial charge in [0.2, 0.25) is 0 Å². The molecule has 0 atom stereocenters. The molecule has 4 heterocycles. The number of aryl methyl sites for hydroxylation is 1. The topological polar surface area (TPSA) is 61.9 Å². The summed E-state index contributed by atoms with van der Waals surface area (Å²) in [4.78, 5) is 10.5. The maximum absolute atomic E-state index is 7.03. The van der Waals surface area contributed by atoms with Crippen LogP contribution < -0.4 is 0 Å². The van der Waals surface area contributed by atoms with Crippen LogP contribution in [-0.2, 0) is 0 Å². The Bertz CT molecular complexity index is 6850. The van der Waals surface area contributed by atoms with Gasteiger partial charge in [-0.2, -0.15) is 0 Å². The van der Waals surface area contributed by atoms with Crippen molar-refractivity contribution in [3.05, 3.63) is 327 Å². The molecule has 6 nitrogen and oxygen atoms in total. The van der Waals surface area contributed by atoms with E-state index in [1.807, 2.05) is 6.07 Å². The molecule has 21 rings (SSSR count). The zero-order chi connectivity index (χ0) is 65.0. The summed E-state index contributed by atoms with van der Waals surface area (Å²) >= 11 is 0. The first-order chi connectivity index (χ1) is 49.0. The molecule has 0 N–H and O–H groups in total. The summed E-state index contributed by atoms with van der Waals surface area (Å²) in [5, 5.41) is 18.7. The van der Waals surface area contributed by atoms with E-state index in [2.05, 4.69) is 332 Å². The normalized spacial score (nSPS) is 12.1. The van der Waals surface area contributed by atoms with E-state index in [1.54, 1.807) is 0 Å². The van der Waals surface area contributed by atoms with Gasteiger partial charge in [0.1, 0.15) is 34.0 Å². The lowest BCUT2D eigenvalue weighted by molar-refractivity contribution is 0.669. The van der Waals surface area contributed by atoms with Gasteiger partial charge < -0.3 is 8.83 Å². The Balaban J connectivity index is 0.656. The van der Waals surface area contributed by atoms with Gasteiger partial charge in [-0.1, -0.05) is 249 Å². The molecule has 6 heteroatoms. The molecule has 0 radical (unpaired) electrons. The zero-order valence-corrected chi connectivity index (χ0v) is 53.7. The number of benzene rings is 17. The standard InChI is InChI=1S/C93H56N4O2/c1-55-94-92-62(37-21-40-81(92)96(55)60-47-42-56(43-48-60)86-67-28-9-13-32-71(67)88(72-33-14-10-29-68(72)86)76-53-84-90(65-26-7-5-24-63(65)76)75-36-17-20-41-82(75)98-84)59-46-51-83-78(52-59)91-66-27-8-6-25-64(66)77(54-85(91)99-83)89-73-34-15-11-30-69(73)87(70-31-12-16-35-74(70)89)57-44-49-61(50-45-57)97-80-39-19-18-38-79(80)95-93(97)58-22-3-2-4-23-58/h2-54H,1H3. The van der Waals surface area contributed by atoms with Crippen LogP contribution in [0.2, 0.25) is 0 Å². The van der Waals surface area contributed by atoms with E-state index in [0.717, 1.165) is 133 Å². The molecule has 0 aliphatic carbocycles. The molecule has 0 spiro atoms. The van der Waals surface area contributed by atoms with E-state index in [1.165, 1.54) is 81.5 Å². The number of nitrogens with zero attached hydrogens (tertiary/aromatic N) is 4. The maximum Gasteiger partial charge on any atom is 0.145 e. The van der Waals surface area contributed by atoms with E-state index in [9.17, 15) is 0 Å². The van der Waals surface area contributed by atoms with Crippen LogP contribution in [0.3, 0.4) is 0 Å². The minimum Gasteiger partial charge on any atom is -0.456 e. The van der Waals surface area contributed by atoms with Crippen LogP contribution in [0.5, 0.6) is 0 Å². The Kier molecular flexibility index (Phi) is 11.9. The molecule has 0 amide bonds. The smallest absolute Gasteiger partial charge is 0.145 e. The number of hydrogen-bond donors (Lipinski definition) is 0. The van der Waals surface area contributed by atoms with Gasteiger partial charge in [-0.05, 0) is 194 Å². The summed E-state index contributed by atoms with van der Waals surface area (Å²) in [7, 11) is 0. The average molecular weight is 1260 g/mol. The Morgan fingerprint density at radius 2 is 0.667 bits per heavy atom. The van der Waals surface area contributed by atoms with Crippen LogP contribution in [-0.4, -0.2) is 19.1 Å². The largest absolute Gasteiger partial charge is 0.456 e. The lowest BCUT2D eigenvalue weighted by Gasteiger charge is -2.19. The van der Waals surface area contributed by atoms with Gasteiger partial charge in [0.15, 0.2) is 0 Å². The summed E-state index contributed by atoms with van der Waals surface area (Å²) in [6.45, 7) is 2.11. The van der Waals surface area contributed by atoms with Gasteiger partial charge in [-0.3, -0.25) is 9.13 Å². The number of fused-ring (bicyclic) bond motifs is 16. The SMILES string of the molecule is Cc1nc2c(-c3ccc4oc5cc(-c6c7ccccc7c(-c7ccc(-n8c(-c9ccccc9)nc9ccccc98)cc7)c7ccccc67)c6ccccc6c5c4c3)cccc2n1-c1ccc(-c2c3ccccc3c(-c3cc4oc5ccccc5c4c4ccccc34)c3ccccc23)cc1. The van der Waals surface area contributed by atoms with Gasteiger partial charge in [-0.15, -0.1) is 0 Å². The van der Waals surface area contributed by atoms with Crippen molar-refractivity contribution in [3.63, 3.8) is 0 Å². The van der Waals surface area contributed by atoms with Crippen LogP contribution in [0.15, 0.2) is 330 Å². The number of rotatable bonds is 8. The predicted molar refractivity (Wildman–Crippen MR) is 413 cm³/mol. The van der Waals surface area contributed by atoms with Crippen LogP contribution in [0, 0.1) is 6.92 Å². The van der Waals surface area contributed by atoms with Crippen molar-refractivity contribution < 1.29 is 8.83 Å². The van der Waals surface area contributed by atoms with E-state index < -0.39 is 0 Å². The molecule has 0 aliphatic heterocycles. The lowest BCUT2D eigenvalue weighted by atomic mass is 9.84. The number of hydrogen-bond acceptors (Lipinski definition) is 4. The highest BCUT2D eigenvalue weighted by atomic mass is 16.3. The molecule has 460 valence electrons. The van der Waals surface area contributed by atoms with Crippen LogP contribution in [0.4, 0.5) is 0 Å². The van der Waals surface area contributed by atoms with E-state index >= 15 is 0 Å². The Hall–Kier alpha value is -13.2. The highest BCUT2D eigenvalue weighted by Gasteiger charge is 2.26. The average Bonchev–Trinajstić information content (AvgIpc) is 1.65. The second kappa shape index (κ2) is 21.4. The fraction of sp³-hybridized carbons (Fsp3) is 0.0108. The number of imidazole rings is 2. The first kappa shape index (κ1) is 55.2. The van der Waals surface area contributed by atoms with E-state index in [0.29, 0.717) is 0 Å². The van der Waals surface area contributed by atoms with Crippen LogP contribution in [0.25, 0.3) is 209 Å². The number of furan rings is 2. The molecule has 17 aromatic carbocycles. The molecule has 0 fully saturated rings. The van der Waals surface area contributed by atoms with Gasteiger partial charge in [0, 0.05) is 44.0 Å². The first-order valence-corrected chi connectivity index (χ1v) is 33.9. The summed E-state index contributed by atoms with van der Waals surface area (Å²) in [5.41, 5.74) is 22.2. The molecular weight excluding hydrogens is 1210 g/mol. The monoisotopic (exact) mass is 1260 g/mol. The van der Waals surface area contributed by atoms with Gasteiger partial charge in [0.05, 0.1) is 22.1 Å². The molecule has 21 aromatic rings. The summed E-state index contributed by atoms with van der Waals surface area (Å²) in [5.74, 6) is 1.83. The molecular formula is C93H56N4O2. The Labute approximate surface area is 567 Å². The van der Waals surface area contributed by atoms with Crippen molar-refractivity contribution in [2.45, 2.75) is 6.92 Å². The molecule has 0 aliphatic rings. The Morgan fingerprint density at radius 1 is 0.253 bits per heavy atom. The molecule has 0 bridgehead atoms. The van der Waals surface area contributed by atoms with Gasteiger partial charge in [0.25, 0.3) is 0 Å². The quantitative estimate of drug-likeness (QED) is 0.142. The summed E-state index contributed by atoms with van der Waals surface area (Å²) < 4.78 is 18.2. The van der Waals surface area contributed by atoms with Crippen molar-refractivity contribution in [2.24, 2.45) is 0 Å². The summed E-state index contributed by atoms with van der Waals surface area (Å²) in [6.07, 6.45) is 0. The van der Waals surface area contributed by atoms with Crippen LogP contribution >= 0.6 is 0 Å². The molecule has 0 unspecified atom stereocenters. The fourth-order valence-corrected chi connectivity index (χ4v) is 16.7. The van der Waals surface area contributed by atoms with Gasteiger partial charge in [-0.25, -0.2) is 9.97 Å². The van der Waals surface area contributed by atoms with Crippen molar-refractivity contribution >= 4 is 131 Å². The third-order valence-corrected chi connectivity index (χ3v) is 20.8. The minimum absolute atomic E-state index is 0.839. The third-order valence-electron chi connectivity index (χ3n) is 20.8. The van der Waals surface area contributed by atoms with Crippen molar-refractivity contribution in [3.8, 4) is 78.4 Å². The zero-order valence-electron chi connectivity index (χ0n) is 53.7. The second-order valence-corrected chi connectivity index (χ2v) is 26.2. The summed E-state index contributed by atoms with van der Waals surface area (Å²) in [6, 6.07) is 116. The second-order valence-electron chi connectivity index (χ2n) is 26.2. The molecule has 99 heavy (non-hydrogen) atoms. The Morgan fingerprint density at radius 3 is 1.21 bits per heavy atom. The first-order valence-electron chi connectivity index (χ1n) is 33.9. The van der Waals surface area contributed by atoms with E-state index in [-0.39, 0.29) is 0 Å². The third kappa shape index (κ3) is 8.24. The lowest BCUT2D eigenvalue weighted by Crippen LogP contribution is -1.98. The van der Waals surface area contributed by atoms with Crippen molar-refractivity contribution in [1.29, 1.82) is 0 Å². The molecule has 4 aromatic heterocycles. The fourth-order valence-electron chi connectivity index (χ4n) is 16.7. The predicted octanol–water partition coefficient (Wildman–Crippen LogP) is 25.4. The number of para-hydroxylation sites is 4. The van der Waals surface area contributed by atoms with E-state index in [4.69, 9.17) is 18.8 Å². The van der Waals surface area contributed by atoms with Crippen LogP contribution in [0.1, 0.15) is 5.82 Å².